The molecule has 1 rings (SSSR count). The van der Waals surface area contributed by atoms with E-state index in [0.717, 1.165) is 0 Å². The smallest absolute Gasteiger partial charge is 0.104 e. The molecule has 0 aliphatic rings. The molecule has 0 radical (unpaired) electrons. The van der Waals surface area contributed by atoms with Crippen molar-refractivity contribution in [3.05, 3.63) is 35.9 Å². The summed E-state index contributed by atoms with van der Waals surface area (Å²) in [6.07, 6.45) is 0. The van der Waals surface area contributed by atoms with Crippen LogP contribution in [0, 0.1) is 0 Å². The van der Waals surface area contributed by atoms with Crippen LogP contribution in [0.3, 0.4) is 0 Å². The molecule has 0 amide bonds. The second kappa shape index (κ2) is 8.86. The van der Waals surface area contributed by atoms with Crippen molar-refractivity contribution in [1.82, 2.24) is 0 Å². The SMILES string of the molecule is CC[N+](CC)(CC)Cc1ccccc1.Cl.[Cl-]. The van der Waals surface area contributed by atoms with Crippen LogP contribution in [-0.2, 0) is 6.54 Å². The maximum Gasteiger partial charge on any atom is 0.104 e. The Bertz CT molecular complexity index is 250. The highest BCUT2D eigenvalue weighted by atomic mass is 35.5. The minimum absolute atomic E-state index is 0. The van der Waals surface area contributed by atoms with Crippen molar-refractivity contribution in [3.8, 4) is 0 Å². The van der Waals surface area contributed by atoms with Crippen LogP contribution in [-0.4, -0.2) is 24.1 Å². The van der Waals surface area contributed by atoms with Gasteiger partial charge in [0.25, 0.3) is 0 Å². The van der Waals surface area contributed by atoms with Gasteiger partial charge in [0.05, 0.1) is 19.6 Å². The summed E-state index contributed by atoms with van der Waals surface area (Å²) in [5.74, 6) is 0. The highest BCUT2D eigenvalue weighted by Crippen LogP contribution is 2.13. The maximum atomic E-state index is 2.29. The molecule has 94 valence electrons. The number of quaternary nitrogens is 1. The first kappa shape index (κ1) is 18.1. The lowest BCUT2D eigenvalue weighted by atomic mass is 10.2. The average molecular weight is 264 g/mol. The number of rotatable bonds is 5. The van der Waals surface area contributed by atoms with Gasteiger partial charge in [-0.3, -0.25) is 0 Å². The summed E-state index contributed by atoms with van der Waals surface area (Å²) in [5, 5.41) is 0. The summed E-state index contributed by atoms with van der Waals surface area (Å²) >= 11 is 0. The molecule has 0 fully saturated rings. The van der Waals surface area contributed by atoms with Crippen molar-refractivity contribution in [2.45, 2.75) is 27.3 Å². The fourth-order valence-corrected chi connectivity index (χ4v) is 1.98. The molecule has 1 nitrogen and oxygen atoms in total. The molecule has 0 aliphatic carbocycles. The van der Waals surface area contributed by atoms with Gasteiger partial charge in [-0.1, -0.05) is 30.3 Å². The van der Waals surface area contributed by atoms with E-state index in [1.165, 1.54) is 36.2 Å². The first-order valence-corrected chi connectivity index (χ1v) is 5.65. The van der Waals surface area contributed by atoms with Crippen LogP contribution in [0.5, 0.6) is 0 Å². The van der Waals surface area contributed by atoms with Crippen molar-refractivity contribution >= 4 is 12.4 Å². The molecule has 0 aliphatic heterocycles. The Morgan fingerprint density at radius 3 is 1.69 bits per heavy atom. The number of nitrogens with zero attached hydrogens (tertiary/aromatic N) is 1. The molecular formula is C13H23Cl2N. The number of halogens is 2. The fourth-order valence-electron chi connectivity index (χ4n) is 1.98. The monoisotopic (exact) mass is 263 g/mol. The van der Waals surface area contributed by atoms with Gasteiger partial charge in [0.1, 0.15) is 6.54 Å². The van der Waals surface area contributed by atoms with Gasteiger partial charge in [0.2, 0.25) is 0 Å². The quantitative estimate of drug-likeness (QED) is 0.679. The Kier molecular flexibility index (Phi) is 10.0. The van der Waals surface area contributed by atoms with E-state index in [0.29, 0.717) is 0 Å². The van der Waals surface area contributed by atoms with Gasteiger partial charge >= 0.3 is 0 Å². The van der Waals surface area contributed by atoms with E-state index in [1.807, 2.05) is 0 Å². The molecule has 1 aromatic rings. The Hall–Kier alpha value is -0.240. The normalized spacial score (nSPS) is 10.2. The Morgan fingerprint density at radius 2 is 1.31 bits per heavy atom. The highest BCUT2D eigenvalue weighted by Gasteiger charge is 2.20. The van der Waals surface area contributed by atoms with Crippen LogP contribution in [0.15, 0.2) is 30.3 Å². The summed E-state index contributed by atoms with van der Waals surface area (Å²) in [6.45, 7) is 11.7. The molecule has 16 heavy (non-hydrogen) atoms. The zero-order valence-electron chi connectivity index (χ0n) is 10.4. The van der Waals surface area contributed by atoms with E-state index in [2.05, 4.69) is 51.1 Å². The van der Waals surface area contributed by atoms with Gasteiger partial charge in [-0.05, 0) is 20.8 Å². The Morgan fingerprint density at radius 1 is 0.875 bits per heavy atom. The van der Waals surface area contributed by atoms with Gasteiger partial charge in [-0.2, -0.15) is 0 Å². The summed E-state index contributed by atoms with van der Waals surface area (Å²) in [6, 6.07) is 10.8. The fraction of sp³-hybridized carbons (Fsp3) is 0.538. The van der Waals surface area contributed by atoms with Crippen LogP contribution in [0.1, 0.15) is 26.3 Å². The van der Waals surface area contributed by atoms with E-state index < -0.39 is 0 Å². The van der Waals surface area contributed by atoms with Gasteiger partial charge in [0.15, 0.2) is 0 Å². The molecule has 1 aromatic carbocycles. The molecule has 0 unspecified atom stereocenters. The number of hydrogen-bond acceptors (Lipinski definition) is 0. The van der Waals surface area contributed by atoms with Crippen LogP contribution in [0.25, 0.3) is 0 Å². The van der Waals surface area contributed by atoms with Crippen molar-refractivity contribution in [2.75, 3.05) is 19.6 Å². The molecular weight excluding hydrogens is 241 g/mol. The lowest BCUT2D eigenvalue weighted by Gasteiger charge is -2.35. The lowest BCUT2D eigenvalue weighted by molar-refractivity contribution is -0.936. The van der Waals surface area contributed by atoms with Crippen molar-refractivity contribution < 1.29 is 16.9 Å². The standard InChI is InChI=1S/C13H22N.2ClH/c1-4-14(5-2,6-3)12-13-10-8-7-9-11-13;;/h7-11H,4-6,12H2,1-3H3;2*1H/q+1;;/p-1. The summed E-state index contributed by atoms with van der Waals surface area (Å²) in [4.78, 5) is 0. The second-order valence-electron chi connectivity index (χ2n) is 3.93. The topological polar surface area (TPSA) is 0 Å². The van der Waals surface area contributed by atoms with Crippen molar-refractivity contribution in [1.29, 1.82) is 0 Å². The van der Waals surface area contributed by atoms with Crippen LogP contribution in [0.2, 0.25) is 0 Å². The predicted molar refractivity (Wildman–Crippen MR) is 69.3 cm³/mol. The number of benzene rings is 1. The van der Waals surface area contributed by atoms with Crippen molar-refractivity contribution in [3.63, 3.8) is 0 Å². The highest BCUT2D eigenvalue weighted by molar-refractivity contribution is 5.85. The van der Waals surface area contributed by atoms with E-state index in [1.54, 1.807) is 0 Å². The van der Waals surface area contributed by atoms with Crippen molar-refractivity contribution in [2.24, 2.45) is 0 Å². The third-order valence-electron chi connectivity index (χ3n) is 3.37. The summed E-state index contributed by atoms with van der Waals surface area (Å²) in [5.41, 5.74) is 1.46. The molecule has 0 spiro atoms. The van der Waals surface area contributed by atoms with E-state index in [4.69, 9.17) is 0 Å². The molecule has 0 atom stereocenters. The minimum atomic E-state index is 0. The molecule has 3 heteroatoms. The molecule has 0 saturated carbocycles. The zero-order chi connectivity index (χ0) is 10.4. The minimum Gasteiger partial charge on any atom is -1.00 e. The lowest BCUT2D eigenvalue weighted by Crippen LogP contribution is -3.00. The van der Waals surface area contributed by atoms with Gasteiger partial charge in [-0.15, -0.1) is 12.4 Å². The van der Waals surface area contributed by atoms with Crippen LogP contribution in [0.4, 0.5) is 0 Å². The van der Waals surface area contributed by atoms with E-state index in [9.17, 15) is 0 Å². The maximum absolute atomic E-state index is 2.29. The van der Waals surface area contributed by atoms with Gasteiger partial charge < -0.3 is 16.9 Å². The molecule has 0 saturated heterocycles. The Balaban J connectivity index is 0. The second-order valence-corrected chi connectivity index (χ2v) is 3.93. The third kappa shape index (κ3) is 4.73. The average Bonchev–Trinajstić information content (AvgIpc) is 2.28. The zero-order valence-corrected chi connectivity index (χ0v) is 12.0. The van der Waals surface area contributed by atoms with Crippen LogP contribution >= 0.6 is 12.4 Å². The molecule has 0 heterocycles. The largest absolute Gasteiger partial charge is 1.00 e. The summed E-state index contributed by atoms with van der Waals surface area (Å²) < 4.78 is 1.20. The molecule has 0 bridgehead atoms. The molecule has 0 N–H and O–H groups in total. The van der Waals surface area contributed by atoms with Gasteiger partial charge in [0, 0.05) is 5.56 Å². The first-order chi connectivity index (χ1) is 6.76. The van der Waals surface area contributed by atoms with E-state index in [-0.39, 0.29) is 24.8 Å². The predicted octanol–water partition coefficient (Wildman–Crippen LogP) is 0.489. The number of hydrogen-bond donors (Lipinski definition) is 0. The van der Waals surface area contributed by atoms with E-state index >= 15 is 0 Å². The van der Waals surface area contributed by atoms with Gasteiger partial charge in [-0.25, -0.2) is 0 Å². The first-order valence-electron chi connectivity index (χ1n) is 5.65. The Labute approximate surface area is 112 Å². The molecule has 0 aromatic heterocycles. The summed E-state index contributed by atoms with van der Waals surface area (Å²) in [7, 11) is 0. The third-order valence-corrected chi connectivity index (χ3v) is 3.37. The van der Waals surface area contributed by atoms with Crippen LogP contribution < -0.4 is 12.4 Å².